The molecule has 0 aromatic heterocycles. The average molecular weight is 199 g/mol. The molecule has 1 aliphatic carbocycles. The summed E-state index contributed by atoms with van der Waals surface area (Å²) in [4.78, 5) is 0. The Labute approximate surface area is 88.4 Å². The van der Waals surface area contributed by atoms with Crippen molar-refractivity contribution in [3.63, 3.8) is 0 Å². The molecule has 0 bridgehead atoms. The van der Waals surface area contributed by atoms with E-state index >= 15 is 0 Å². The molecule has 1 fully saturated rings. The van der Waals surface area contributed by atoms with E-state index in [4.69, 9.17) is 4.74 Å². The van der Waals surface area contributed by atoms with Crippen LogP contribution >= 0.6 is 0 Å². The second-order valence-electron chi connectivity index (χ2n) is 5.16. The highest BCUT2D eigenvalue weighted by molar-refractivity contribution is 4.73. The van der Waals surface area contributed by atoms with Gasteiger partial charge in [-0.1, -0.05) is 33.6 Å². The summed E-state index contributed by atoms with van der Waals surface area (Å²) in [6.07, 6.45) is 5.82. The first-order valence-corrected chi connectivity index (χ1v) is 5.96. The van der Waals surface area contributed by atoms with Gasteiger partial charge >= 0.3 is 0 Å². The topological polar surface area (TPSA) is 21.3 Å². The Balaban J connectivity index is 2.14. The van der Waals surface area contributed by atoms with Gasteiger partial charge in [-0.05, 0) is 19.4 Å². The largest absolute Gasteiger partial charge is 0.378 e. The summed E-state index contributed by atoms with van der Waals surface area (Å²) in [5.41, 5.74) is 0.276. The molecular weight excluding hydrogens is 174 g/mol. The van der Waals surface area contributed by atoms with Gasteiger partial charge in [-0.2, -0.15) is 0 Å². The third-order valence-corrected chi connectivity index (χ3v) is 2.87. The van der Waals surface area contributed by atoms with E-state index in [1.54, 1.807) is 0 Å². The van der Waals surface area contributed by atoms with Crippen molar-refractivity contribution in [3.8, 4) is 0 Å². The predicted molar refractivity (Wildman–Crippen MR) is 60.5 cm³/mol. The van der Waals surface area contributed by atoms with Crippen LogP contribution in [0, 0.1) is 5.41 Å². The van der Waals surface area contributed by atoms with Crippen LogP contribution in [0.15, 0.2) is 0 Å². The number of nitrogens with one attached hydrogen (secondary N) is 1. The van der Waals surface area contributed by atoms with Crippen molar-refractivity contribution in [3.05, 3.63) is 0 Å². The van der Waals surface area contributed by atoms with Gasteiger partial charge in [0.2, 0.25) is 0 Å². The quantitative estimate of drug-likeness (QED) is 0.710. The highest BCUT2D eigenvalue weighted by atomic mass is 16.5. The summed E-state index contributed by atoms with van der Waals surface area (Å²) in [6, 6.07) is 0. The molecular formula is C12H25NO. The summed E-state index contributed by atoms with van der Waals surface area (Å²) in [6.45, 7) is 9.68. The lowest BCUT2D eigenvalue weighted by atomic mass is 9.95. The molecule has 1 saturated carbocycles. The van der Waals surface area contributed by atoms with Crippen LogP contribution < -0.4 is 5.32 Å². The van der Waals surface area contributed by atoms with Crippen molar-refractivity contribution in [1.82, 2.24) is 5.32 Å². The molecule has 1 rings (SSSR count). The van der Waals surface area contributed by atoms with Gasteiger partial charge in [-0.25, -0.2) is 0 Å². The molecule has 1 N–H and O–H groups in total. The third-order valence-electron chi connectivity index (χ3n) is 2.87. The van der Waals surface area contributed by atoms with Crippen LogP contribution in [0.3, 0.4) is 0 Å². The van der Waals surface area contributed by atoms with Gasteiger partial charge < -0.3 is 10.1 Å². The predicted octanol–water partition coefficient (Wildman–Crippen LogP) is 2.58. The van der Waals surface area contributed by atoms with E-state index in [2.05, 4.69) is 26.1 Å². The Morgan fingerprint density at radius 2 is 1.93 bits per heavy atom. The number of hydrogen-bond donors (Lipinski definition) is 1. The van der Waals surface area contributed by atoms with Crippen LogP contribution in [0.4, 0.5) is 0 Å². The lowest BCUT2D eigenvalue weighted by Gasteiger charge is -2.26. The molecule has 0 saturated heterocycles. The third kappa shape index (κ3) is 4.43. The van der Waals surface area contributed by atoms with Gasteiger partial charge in [0.1, 0.15) is 0 Å². The first-order chi connectivity index (χ1) is 6.64. The first kappa shape index (κ1) is 12.0. The maximum absolute atomic E-state index is 5.92. The van der Waals surface area contributed by atoms with Crippen molar-refractivity contribution >= 4 is 0 Å². The molecule has 2 heteroatoms. The SMILES string of the molecule is CCNCC(C)(C)COC1CCCC1. The number of hydrogen-bond acceptors (Lipinski definition) is 2. The van der Waals surface area contributed by atoms with Crippen LogP contribution in [-0.4, -0.2) is 25.8 Å². The van der Waals surface area contributed by atoms with E-state index in [-0.39, 0.29) is 5.41 Å². The van der Waals surface area contributed by atoms with Crippen LogP contribution in [-0.2, 0) is 4.74 Å². The normalized spacial score (nSPS) is 19.1. The molecule has 0 spiro atoms. The van der Waals surface area contributed by atoms with Gasteiger partial charge in [0.15, 0.2) is 0 Å². The van der Waals surface area contributed by atoms with Crippen LogP contribution in [0.25, 0.3) is 0 Å². The van der Waals surface area contributed by atoms with Gasteiger partial charge in [-0.3, -0.25) is 0 Å². The first-order valence-electron chi connectivity index (χ1n) is 5.96. The van der Waals surface area contributed by atoms with E-state index in [0.29, 0.717) is 6.10 Å². The van der Waals surface area contributed by atoms with Crippen LogP contribution in [0.2, 0.25) is 0 Å². The highest BCUT2D eigenvalue weighted by Gasteiger charge is 2.22. The Morgan fingerprint density at radius 1 is 1.29 bits per heavy atom. The van der Waals surface area contributed by atoms with Crippen LogP contribution in [0.5, 0.6) is 0 Å². The van der Waals surface area contributed by atoms with E-state index in [9.17, 15) is 0 Å². The molecule has 0 aliphatic heterocycles. The van der Waals surface area contributed by atoms with E-state index in [1.807, 2.05) is 0 Å². The Bertz CT molecular complexity index is 150. The van der Waals surface area contributed by atoms with Crippen LogP contribution in [0.1, 0.15) is 46.5 Å². The lowest BCUT2D eigenvalue weighted by Crippen LogP contribution is -2.34. The molecule has 0 aromatic rings. The second kappa shape index (κ2) is 5.72. The molecule has 1 aliphatic rings. The fourth-order valence-corrected chi connectivity index (χ4v) is 1.91. The van der Waals surface area contributed by atoms with Crippen molar-refractivity contribution in [1.29, 1.82) is 0 Å². The Morgan fingerprint density at radius 3 is 2.50 bits per heavy atom. The molecule has 0 atom stereocenters. The molecule has 14 heavy (non-hydrogen) atoms. The molecule has 0 heterocycles. The standard InChI is InChI=1S/C12H25NO/c1-4-13-9-12(2,3)10-14-11-7-5-6-8-11/h11,13H,4-10H2,1-3H3. The monoisotopic (exact) mass is 199 g/mol. The summed E-state index contributed by atoms with van der Waals surface area (Å²) >= 11 is 0. The summed E-state index contributed by atoms with van der Waals surface area (Å²) < 4.78 is 5.92. The van der Waals surface area contributed by atoms with Crippen molar-refractivity contribution < 1.29 is 4.74 Å². The van der Waals surface area contributed by atoms with Gasteiger partial charge in [-0.15, -0.1) is 0 Å². The minimum Gasteiger partial charge on any atom is -0.378 e. The van der Waals surface area contributed by atoms with E-state index in [1.165, 1.54) is 25.7 Å². The second-order valence-corrected chi connectivity index (χ2v) is 5.16. The van der Waals surface area contributed by atoms with Gasteiger partial charge in [0, 0.05) is 12.0 Å². The molecule has 2 nitrogen and oxygen atoms in total. The Hall–Kier alpha value is -0.0800. The zero-order chi connectivity index (χ0) is 10.4. The fourth-order valence-electron chi connectivity index (χ4n) is 1.91. The van der Waals surface area contributed by atoms with Crippen molar-refractivity contribution in [2.75, 3.05) is 19.7 Å². The zero-order valence-electron chi connectivity index (χ0n) is 9.94. The van der Waals surface area contributed by atoms with Crippen molar-refractivity contribution in [2.45, 2.75) is 52.6 Å². The maximum Gasteiger partial charge on any atom is 0.0575 e. The summed E-state index contributed by atoms with van der Waals surface area (Å²) in [5.74, 6) is 0. The molecule has 84 valence electrons. The minimum atomic E-state index is 0.276. The highest BCUT2D eigenvalue weighted by Crippen LogP contribution is 2.23. The average Bonchev–Trinajstić information content (AvgIpc) is 2.64. The molecule has 0 amide bonds. The number of ether oxygens (including phenoxy) is 1. The van der Waals surface area contributed by atoms with Gasteiger partial charge in [0.25, 0.3) is 0 Å². The summed E-state index contributed by atoms with van der Waals surface area (Å²) in [7, 11) is 0. The van der Waals surface area contributed by atoms with E-state index < -0.39 is 0 Å². The minimum absolute atomic E-state index is 0.276. The summed E-state index contributed by atoms with van der Waals surface area (Å²) in [5, 5.41) is 3.38. The lowest BCUT2D eigenvalue weighted by molar-refractivity contribution is 0.00707. The number of rotatable bonds is 6. The van der Waals surface area contributed by atoms with Crippen molar-refractivity contribution in [2.24, 2.45) is 5.41 Å². The van der Waals surface area contributed by atoms with E-state index in [0.717, 1.165) is 19.7 Å². The maximum atomic E-state index is 5.92. The smallest absolute Gasteiger partial charge is 0.0575 e. The zero-order valence-corrected chi connectivity index (χ0v) is 9.94. The Kier molecular flexibility index (Phi) is 4.90. The van der Waals surface area contributed by atoms with Gasteiger partial charge in [0.05, 0.1) is 12.7 Å². The molecule has 0 unspecified atom stereocenters. The molecule has 0 aromatic carbocycles. The molecule has 0 radical (unpaired) electrons. The fraction of sp³-hybridized carbons (Fsp3) is 1.00.